The number of carboxylic acid groups (broad SMARTS) is 1. The molecule has 4 nitrogen and oxygen atoms in total. The van der Waals surface area contributed by atoms with Gasteiger partial charge in [-0.3, -0.25) is 9.59 Å². The first-order valence-corrected chi connectivity index (χ1v) is 7.65. The second kappa shape index (κ2) is 5.51. The summed E-state index contributed by atoms with van der Waals surface area (Å²) in [7, 11) is 0. The van der Waals surface area contributed by atoms with Gasteiger partial charge in [0.15, 0.2) is 0 Å². The standard InChI is InChI=1S/C17H21NO3/c1-11-5-2-3-7-13(11)14-9-15(14)16(19)18-8-4-6-12(10-18)17(20)21/h2-3,5,7,12,14-15H,4,6,8-10H2,1H3,(H,20,21). The van der Waals surface area contributed by atoms with Crippen LogP contribution in [0.5, 0.6) is 0 Å². The maximum absolute atomic E-state index is 12.6. The van der Waals surface area contributed by atoms with Gasteiger partial charge in [-0.2, -0.15) is 0 Å². The van der Waals surface area contributed by atoms with Crippen molar-refractivity contribution in [3.05, 3.63) is 35.4 Å². The van der Waals surface area contributed by atoms with Crippen molar-refractivity contribution in [2.75, 3.05) is 13.1 Å². The van der Waals surface area contributed by atoms with E-state index in [-0.39, 0.29) is 11.8 Å². The number of hydrogen-bond acceptors (Lipinski definition) is 2. The minimum Gasteiger partial charge on any atom is -0.481 e. The summed E-state index contributed by atoms with van der Waals surface area (Å²) in [6.07, 6.45) is 2.38. The van der Waals surface area contributed by atoms with E-state index in [1.807, 2.05) is 12.1 Å². The lowest BCUT2D eigenvalue weighted by molar-refractivity contribution is -0.146. The number of aryl methyl sites for hydroxylation is 1. The average molecular weight is 287 g/mol. The molecule has 3 rings (SSSR count). The summed E-state index contributed by atoms with van der Waals surface area (Å²) in [5, 5.41) is 9.12. The number of amides is 1. The topological polar surface area (TPSA) is 57.6 Å². The molecule has 1 amide bonds. The molecule has 1 aromatic rings. The van der Waals surface area contributed by atoms with Gasteiger partial charge in [0.25, 0.3) is 0 Å². The lowest BCUT2D eigenvalue weighted by Crippen LogP contribution is -2.43. The van der Waals surface area contributed by atoms with E-state index in [2.05, 4.69) is 19.1 Å². The van der Waals surface area contributed by atoms with E-state index in [1.54, 1.807) is 4.90 Å². The zero-order chi connectivity index (χ0) is 15.0. The van der Waals surface area contributed by atoms with Gasteiger partial charge < -0.3 is 10.0 Å². The van der Waals surface area contributed by atoms with Crippen molar-refractivity contribution in [1.82, 2.24) is 4.90 Å². The van der Waals surface area contributed by atoms with Crippen LogP contribution in [-0.2, 0) is 9.59 Å². The van der Waals surface area contributed by atoms with Crippen LogP contribution in [0.15, 0.2) is 24.3 Å². The fourth-order valence-corrected chi connectivity index (χ4v) is 3.43. The average Bonchev–Trinajstić information content (AvgIpc) is 3.27. The molecule has 112 valence electrons. The van der Waals surface area contributed by atoms with Crippen molar-refractivity contribution in [3.63, 3.8) is 0 Å². The van der Waals surface area contributed by atoms with Crippen molar-refractivity contribution in [2.24, 2.45) is 11.8 Å². The summed E-state index contributed by atoms with van der Waals surface area (Å²) in [4.78, 5) is 25.4. The van der Waals surface area contributed by atoms with Crippen LogP contribution in [0.2, 0.25) is 0 Å². The Morgan fingerprint density at radius 3 is 2.76 bits per heavy atom. The molecule has 0 aromatic heterocycles. The summed E-state index contributed by atoms with van der Waals surface area (Å²) in [6, 6.07) is 8.21. The monoisotopic (exact) mass is 287 g/mol. The van der Waals surface area contributed by atoms with E-state index in [0.717, 1.165) is 12.8 Å². The van der Waals surface area contributed by atoms with E-state index in [4.69, 9.17) is 5.11 Å². The Bertz CT molecular complexity index is 569. The first-order valence-electron chi connectivity index (χ1n) is 7.65. The first kappa shape index (κ1) is 14.1. The van der Waals surface area contributed by atoms with Crippen LogP contribution in [0, 0.1) is 18.8 Å². The second-order valence-electron chi connectivity index (χ2n) is 6.27. The Morgan fingerprint density at radius 1 is 1.29 bits per heavy atom. The molecule has 1 saturated carbocycles. The zero-order valence-electron chi connectivity index (χ0n) is 12.3. The SMILES string of the molecule is Cc1ccccc1C1CC1C(=O)N1CCCC(C(=O)O)C1. The minimum atomic E-state index is -0.779. The third-order valence-electron chi connectivity index (χ3n) is 4.78. The molecule has 0 spiro atoms. The maximum Gasteiger partial charge on any atom is 0.308 e. The molecule has 1 heterocycles. The number of nitrogens with zero attached hydrogens (tertiary/aromatic N) is 1. The number of carbonyl (C=O) groups excluding carboxylic acids is 1. The lowest BCUT2D eigenvalue weighted by atomic mass is 9.97. The van der Waals surface area contributed by atoms with E-state index in [0.29, 0.717) is 25.4 Å². The molecule has 3 unspecified atom stereocenters. The van der Waals surface area contributed by atoms with Gasteiger partial charge in [-0.25, -0.2) is 0 Å². The summed E-state index contributed by atoms with van der Waals surface area (Å²) < 4.78 is 0. The van der Waals surface area contributed by atoms with Gasteiger partial charge in [-0.1, -0.05) is 24.3 Å². The third kappa shape index (κ3) is 2.80. The first-order chi connectivity index (χ1) is 10.1. The van der Waals surface area contributed by atoms with Crippen molar-refractivity contribution in [1.29, 1.82) is 0 Å². The van der Waals surface area contributed by atoms with Crippen molar-refractivity contribution >= 4 is 11.9 Å². The zero-order valence-corrected chi connectivity index (χ0v) is 12.3. The molecule has 1 N–H and O–H groups in total. The molecule has 1 aromatic carbocycles. The van der Waals surface area contributed by atoms with E-state index in [9.17, 15) is 9.59 Å². The van der Waals surface area contributed by atoms with Crippen molar-refractivity contribution in [3.8, 4) is 0 Å². The Labute approximate surface area is 124 Å². The van der Waals surface area contributed by atoms with Gasteiger partial charge in [0.05, 0.1) is 5.92 Å². The Balaban J connectivity index is 1.65. The van der Waals surface area contributed by atoms with Crippen LogP contribution < -0.4 is 0 Å². The predicted octanol–water partition coefficient (Wildman–Crippen LogP) is 2.42. The normalized spacial score (nSPS) is 28.2. The molecule has 0 bridgehead atoms. The highest BCUT2D eigenvalue weighted by molar-refractivity contribution is 5.84. The summed E-state index contributed by atoms with van der Waals surface area (Å²) >= 11 is 0. The summed E-state index contributed by atoms with van der Waals surface area (Å²) in [5.41, 5.74) is 2.50. The number of rotatable bonds is 3. The number of piperidine rings is 1. The highest BCUT2D eigenvalue weighted by atomic mass is 16.4. The summed E-state index contributed by atoms with van der Waals surface area (Å²) in [5.74, 6) is -0.645. The molecule has 2 aliphatic rings. The molecule has 0 radical (unpaired) electrons. The minimum absolute atomic E-state index is 0.0543. The van der Waals surface area contributed by atoms with Gasteiger partial charge in [0.1, 0.15) is 0 Å². The van der Waals surface area contributed by atoms with Crippen molar-refractivity contribution < 1.29 is 14.7 Å². The smallest absolute Gasteiger partial charge is 0.308 e. The van der Waals surface area contributed by atoms with Gasteiger partial charge in [0.2, 0.25) is 5.91 Å². The molecule has 2 fully saturated rings. The highest BCUT2D eigenvalue weighted by Gasteiger charge is 2.47. The number of carbonyl (C=O) groups is 2. The second-order valence-corrected chi connectivity index (χ2v) is 6.27. The Morgan fingerprint density at radius 2 is 2.05 bits per heavy atom. The number of hydrogen-bond donors (Lipinski definition) is 1. The van der Waals surface area contributed by atoms with Crippen LogP contribution in [0.4, 0.5) is 0 Å². The molecular formula is C17H21NO3. The maximum atomic E-state index is 12.6. The Kier molecular flexibility index (Phi) is 3.70. The quantitative estimate of drug-likeness (QED) is 0.929. The van der Waals surface area contributed by atoms with Gasteiger partial charge in [0, 0.05) is 19.0 Å². The third-order valence-corrected chi connectivity index (χ3v) is 4.78. The molecule has 1 saturated heterocycles. The fourth-order valence-electron chi connectivity index (χ4n) is 3.43. The van der Waals surface area contributed by atoms with Gasteiger partial charge in [-0.05, 0) is 43.2 Å². The van der Waals surface area contributed by atoms with Crippen LogP contribution in [-0.4, -0.2) is 35.0 Å². The van der Waals surface area contributed by atoms with Crippen molar-refractivity contribution in [2.45, 2.75) is 32.1 Å². The molecule has 3 atom stereocenters. The van der Waals surface area contributed by atoms with Gasteiger partial charge >= 0.3 is 5.97 Å². The Hall–Kier alpha value is -1.84. The number of likely N-dealkylation sites (tertiary alicyclic amines) is 1. The van der Waals surface area contributed by atoms with Crippen LogP contribution in [0.25, 0.3) is 0 Å². The van der Waals surface area contributed by atoms with E-state index in [1.165, 1.54) is 11.1 Å². The molecule has 1 aliphatic heterocycles. The number of aliphatic carboxylic acids is 1. The molecule has 4 heteroatoms. The largest absolute Gasteiger partial charge is 0.481 e. The van der Waals surface area contributed by atoms with Crippen LogP contribution in [0.1, 0.15) is 36.3 Å². The van der Waals surface area contributed by atoms with E-state index < -0.39 is 11.9 Å². The van der Waals surface area contributed by atoms with E-state index >= 15 is 0 Å². The molecular weight excluding hydrogens is 266 g/mol. The predicted molar refractivity (Wildman–Crippen MR) is 79.0 cm³/mol. The molecule has 1 aliphatic carbocycles. The fraction of sp³-hybridized carbons (Fsp3) is 0.529. The van der Waals surface area contributed by atoms with Crippen LogP contribution in [0.3, 0.4) is 0 Å². The number of benzene rings is 1. The summed E-state index contributed by atoms with van der Waals surface area (Å²) in [6.45, 7) is 3.17. The van der Waals surface area contributed by atoms with Crippen LogP contribution >= 0.6 is 0 Å². The van der Waals surface area contributed by atoms with Gasteiger partial charge in [-0.15, -0.1) is 0 Å². The number of carboxylic acids is 1. The highest BCUT2D eigenvalue weighted by Crippen LogP contribution is 2.49. The lowest BCUT2D eigenvalue weighted by Gasteiger charge is -2.31. The molecule has 21 heavy (non-hydrogen) atoms.